The van der Waals surface area contributed by atoms with E-state index in [4.69, 9.17) is 10.5 Å². The number of rotatable bonds is 2. The summed E-state index contributed by atoms with van der Waals surface area (Å²) in [6, 6.07) is 5.37. The fourth-order valence-electron chi connectivity index (χ4n) is 1.17. The molecule has 2 heterocycles. The smallest absolute Gasteiger partial charge is 0.244 e. The van der Waals surface area contributed by atoms with Crippen LogP contribution in [0.5, 0.6) is 11.8 Å². The Hall–Kier alpha value is -2.04. The van der Waals surface area contributed by atoms with Crippen LogP contribution in [0.2, 0.25) is 0 Å². The molecule has 78 valence electrons. The normalized spacial score (nSPS) is 10.3. The Morgan fingerprint density at radius 3 is 2.80 bits per heavy atom. The van der Waals surface area contributed by atoms with Crippen molar-refractivity contribution in [3.05, 3.63) is 29.6 Å². The average molecular weight is 204 g/mol. The van der Waals surface area contributed by atoms with Crippen LogP contribution in [0.15, 0.2) is 18.2 Å². The fraction of sp³-hybridized carbons (Fsp3) is 0.200. The van der Waals surface area contributed by atoms with Gasteiger partial charge in [-0.25, -0.2) is 4.98 Å². The van der Waals surface area contributed by atoms with Gasteiger partial charge in [0.15, 0.2) is 0 Å². The van der Waals surface area contributed by atoms with Crippen LogP contribution >= 0.6 is 0 Å². The van der Waals surface area contributed by atoms with Crippen LogP contribution in [0.4, 0.5) is 5.69 Å². The maximum atomic E-state index is 5.72. The Morgan fingerprint density at radius 2 is 2.13 bits per heavy atom. The van der Waals surface area contributed by atoms with Crippen LogP contribution in [0.25, 0.3) is 0 Å². The Balaban J connectivity index is 2.27. The van der Waals surface area contributed by atoms with Crippen molar-refractivity contribution in [1.29, 1.82) is 0 Å². The average Bonchev–Trinajstić information content (AvgIpc) is 2.58. The second kappa shape index (κ2) is 3.61. The van der Waals surface area contributed by atoms with E-state index in [0.29, 0.717) is 17.4 Å². The SMILES string of the molecule is Cc1ccc(N)c(Oc2cc(C)[nH]n2)n1. The lowest BCUT2D eigenvalue weighted by molar-refractivity contribution is 0.445. The number of anilines is 1. The molecule has 2 rings (SSSR count). The van der Waals surface area contributed by atoms with Crippen molar-refractivity contribution in [2.24, 2.45) is 0 Å². The van der Waals surface area contributed by atoms with Crippen LogP contribution in [0.3, 0.4) is 0 Å². The molecule has 0 saturated carbocycles. The van der Waals surface area contributed by atoms with Crippen molar-refractivity contribution in [3.63, 3.8) is 0 Å². The molecule has 15 heavy (non-hydrogen) atoms. The predicted octanol–water partition coefficient (Wildman–Crippen LogP) is 1.80. The van der Waals surface area contributed by atoms with Crippen LogP contribution in [0.1, 0.15) is 11.4 Å². The van der Waals surface area contributed by atoms with Crippen molar-refractivity contribution in [2.75, 3.05) is 5.73 Å². The van der Waals surface area contributed by atoms with Crippen molar-refractivity contribution >= 4 is 5.69 Å². The van der Waals surface area contributed by atoms with Crippen LogP contribution < -0.4 is 10.5 Å². The molecule has 0 aliphatic heterocycles. The van der Waals surface area contributed by atoms with Gasteiger partial charge in [-0.05, 0) is 26.0 Å². The number of aryl methyl sites for hydroxylation is 2. The molecule has 2 aromatic rings. The Bertz CT molecular complexity index is 478. The lowest BCUT2D eigenvalue weighted by Crippen LogP contribution is -1.96. The maximum absolute atomic E-state index is 5.72. The third kappa shape index (κ3) is 2.07. The fourth-order valence-corrected chi connectivity index (χ4v) is 1.17. The summed E-state index contributed by atoms with van der Waals surface area (Å²) in [5.74, 6) is 0.860. The first-order chi connectivity index (χ1) is 7.15. The molecule has 0 unspecified atom stereocenters. The van der Waals surface area contributed by atoms with Gasteiger partial charge in [-0.15, -0.1) is 5.10 Å². The van der Waals surface area contributed by atoms with E-state index in [0.717, 1.165) is 11.4 Å². The van der Waals surface area contributed by atoms with Crippen molar-refractivity contribution < 1.29 is 4.74 Å². The first-order valence-corrected chi connectivity index (χ1v) is 4.58. The van der Waals surface area contributed by atoms with Crippen LogP contribution in [0, 0.1) is 13.8 Å². The van der Waals surface area contributed by atoms with Gasteiger partial charge in [0.25, 0.3) is 0 Å². The number of nitrogens with two attached hydrogens (primary N) is 1. The summed E-state index contributed by atoms with van der Waals surface area (Å²) in [7, 11) is 0. The monoisotopic (exact) mass is 204 g/mol. The van der Waals surface area contributed by atoms with E-state index in [9.17, 15) is 0 Å². The molecular formula is C10H12N4O. The van der Waals surface area contributed by atoms with E-state index in [1.807, 2.05) is 19.9 Å². The zero-order valence-electron chi connectivity index (χ0n) is 8.61. The molecule has 3 N–H and O–H groups in total. The summed E-state index contributed by atoms with van der Waals surface area (Å²) in [5.41, 5.74) is 8.00. The van der Waals surface area contributed by atoms with Crippen LogP contribution in [-0.4, -0.2) is 15.2 Å². The molecule has 0 atom stereocenters. The minimum absolute atomic E-state index is 0.390. The largest absolute Gasteiger partial charge is 0.417 e. The number of nitrogens with one attached hydrogen (secondary N) is 1. The first-order valence-electron chi connectivity index (χ1n) is 4.58. The Morgan fingerprint density at radius 1 is 1.33 bits per heavy atom. The van der Waals surface area contributed by atoms with Crippen molar-refractivity contribution in [3.8, 4) is 11.8 Å². The summed E-state index contributed by atoms with van der Waals surface area (Å²) in [6.07, 6.45) is 0. The quantitative estimate of drug-likeness (QED) is 0.781. The number of aromatic amines is 1. The van der Waals surface area contributed by atoms with Gasteiger partial charge in [-0.3, -0.25) is 5.10 Å². The molecule has 0 aromatic carbocycles. The predicted molar refractivity (Wildman–Crippen MR) is 56.8 cm³/mol. The van der Waals surface area contributed by atoms with Gasteiger partial charge in [0.2, 0.25) is 11.8 Å². The lowest BCUT2D eigenvalue weighted by atomic mass is 10.3. The van der Waals surface area contributed by atoms with E-state index < -0.39 is 0 Å². The number of hydrogen-bond acceptors (Lipinski definition) is 4. The van der Waals surface area contributed by atoms with Gasteiger partial charge in [0.1, 0.15) is 0 Å². The number of ether oxygens (including phenoxy) is 1. The number of hydrogen-bond donors (Lipinski definition) is 2. The highest BCUT2D eigenvalue weighted by molar-refractivity contribution is 5.49. The van der Waals surface area contributed by atoms with Gasteiger partial charge >= 0.3 is 0 Å². The summed E-state index contributed by atoms with van der Waals surface area (Å²) in [6.45, 7) is 3.77. The molecule has 0 amide bonds. The van der Waals surface area contributed by atoms with Crippen molar-refractivity contribution in [2.45, 2.75) is 13.8 Å². The summed E-state index contributed by atoms with van der Waals surface area (Å²) >= 11 is 0. The standard InChI is InChI=1S/C10H12N4O/c1-6-3-4-8(11)10(12-6)15-9-5-7(2)13-14-9/h3-5H,11H2,1-2H3,(H,13,14). The number of aromatic nitrogens is 3. The molecule has 0 bridgehead atoms. The van der Waals surface area contributed by atoms with Gasteiger partial charge in [0, 0.05) is 17.5 Å². The maximum Gasteiger partial charge on any atom is 0.244 e. The Kier molecular flexibility index (Phi) is 2.29. The van der Waals surface area contributed by atoms with Gasteiger partial charge < -0.3 is 10.5 Å². The summed E-state index contributed by atoms with van der Waals surface area (Å²) in [5, 5.41) is 6.72. The number of H-pyrrole nitrogens is 1. The number of nitrogens with zero attached hydrogens (tertiary/aromatic N) is 2. The van der Waals surface area contributed by atoms with Crippen molar-refractivity contribution in [1.82, 2.24) is 15.2 Å². The summed E-state index contributed by atoms with van der Waals surface area (Å²) in [4.78, 5) is 4.18. The van der Waals surface area contributed by atoms with Gasteiger partial charge in [-0.1, -0.05) is 0 Å². The first kappa shape index (κ1) is 9.51. The van der Waals surface area contributed by atoms with E-state index in [1.165, 1.54) is 0 Å². The Labute approximate surface area is 87.3 Å². The lowest BCUT2D eigenvalue weighted by Gasteiger charge is -2.04. The highest BCUT2D eigenvalue weighted by atomic mass is 16.5. The molecule has 5 heteroatoms. The number of pyridine rings is 1. The second-order valence-corrected chi connectivity index (χ2v) is 3.34. The van der Waals surface area contributed by atoms with E-state index >= 15 is 0 Å². The molecule has 0 fully saturated rings. The molecule has 2 aromatic heterocycles. The molecule has 0 aliphatic carbocycles. The highest BCUT2D eigenvalue weighted by Crippen LogP contribution is 2.23. The minimum atomic E-state index is 0.390. The zero-order chi connectivity index (χ0) is 10.8. The van der Waals surface area contributed by atoms with Gasteiger partial charge in [0.05, 0.1) is 5.69 Å². The third-order valence-corrected chi connectivity index (χ3v) is 1.91. The summed E-state index contributed by atoms with van der Waals surface area (Å²) < 4.78 is 5.43. The van der Waals surface area contributed by atoms with Gasteiger partial charge in [-0.2, -0.15) is 0 Å². The molecule has 0 aliphatic rings. The molecule has 0 saturated heterocycles. The molecule has 0 spiro atoms. The van der Waals surface area contributed by atoms with E-state index in [-0.39, 0.29) is 0 Å². The molecule has 0 radical (unpaired) electrons. The zero-order valence-corrected chi connectivity index (χ0v) is 8.61. The minimum Gasteiger partial charge on any atom is -0.417 e. The molecular weight excluding hydrogens is 192 g/mol. The number of nitrogen functional groups attached to an aromatic ring is 1. The second-order valence-electron chi connectivity index (χ2n) is 3.34. The third-order valence-electron chi connectivity index (χ3n) is 1.91. The highest BCUT2D eigenvalue weighted by Gasteiger charge is 2.06. The van der Waals surface area contributed by atoms with Crippen LogP contribution in [-0.2, 0) is 0 Å². The topological polar surface area (TPSA) is 76.8 Å². The van der Waals surface area contributed by atoms with E-state index in [1.54, 1.807) is 12.1 Å². The van der Waals surface area contributed by atoms with E-state index in [2.05, 4.69) is 15.2 Å². The molecule has 5 nitrogen and oxygen atoms in total.